The number of unbranched alkanes of at least 4 members (excludes halogenated alkanes) is 31. The second-order valence-corrected chi connectivity index (χ2v) is 21.3. The Morgan fingerprint density at radius 1 is 0.276 bits per heavy atom. The lowest BCUT2D eigenvalue weighted by molar-refractivity contribution is -0.167. The van der Waals surface area contributed by atoms with E-state index in [0.29, 0.717) is 19.3 Å². The first-order valence-corrected chi connectivity index (χ1v) is 32.2. The Bertz CT molecular complexity index is 1490. The van der Waals surface area contributed by atoms with Gasteiger partial charge in [0.1, 0.15) is 13.2 Å². The fourth-order valence-corrected chi connectivity index (χ4v) is 8.97. The highest BCUT2D eigenvalue weighted by molar-refractivity contribution is 5.71. The molecular weight excluding hydrogens is 937 g/mol. The zero-order valence-corrected chi connectivity index (χ0v) is 50.0. The molecule has 0 saturated carbocycles. The summed E-state index contributed by atoms with van der Waals surface area (Å²) >= 11 is 0. The van der Waals surface area contributed by atoms with Gasteiger partial charge < -0.3 is 14.2 Å². The Balaban J connectivity index is 4.24. The van der Waals surface area contributed by atoms with Gasteiger partial charge in [0.05, 0.1) is 0 Å². The van der Waals surface area contributed by atoms with Crippen molar-refractivity contribution < 1.29 is 28.6 Å². The SMILES string of the molecule is CC/C=C\C/C=C\C/C=C\C/C=C\CCCCCCCCCCC(=O)OC(COC(=O)CCCCCCC/C=C\CCC)COC(=O)CCCCCCCCCCCCCC/C=C\C/C=C\C/C=C\CCCCCCC. The third-order valence-corrected chi connectivity index (χ3v) is 13.8. The predicted molar refractivity (Wildman–Crippen MR) is 330 cm³/mol. The molecule has 0 fully saturated rings. The van der Waals surface area contributed by atoms with E-state index in [1.807, 2.05) is 0 Å². The molecule has 1 atom stereocenters. The molecule has 6 nitrogen and oxygen atoms in total. The summed E-state index contributed by atoms with van der Waals surface area (Å²) in [5.41, 5.74) is 0. The van der Waals surface area contributed by atoms with Crippen LogP contribution in [0.15, 0.2) is 97.2 Å². The van der Waals surface area contributed by atoms with Crippen LogP contribution in [0.25, 0.3) is 0 Å². The smallest absolute Gasteiger partial charge is 0.306 e. The summed E-state index contributed by atoms with van der Waals surface area (Å²) in [5.74, 6) is -0.897. The maximum atomic E-state index is 12.9. The van der Waals surface area contributed by atoms with Gasteiger partial charge in [-0.25, -0.2) is 0 Å². The van der Waals surface area contributed by atoms with Crippen LogP contribution in [0.1, 0.15) is 310 Å². The molecule has 0 aromatic carbocycles. The Labute approximate surface area is 470 Å². The third-order valence-electron chi connectivity index (χ3n) is 13.8. The van der Waals surface area contributed by atoms with Crippen LogP contribution in [0.4, 0.5) is 0 Å². The Hall–Kier alpha value is -3.67. The molecule has 0 aromatic rings. The number of allylic oxidation sites excluding steroid dienone is 16. The van der Waals surface area contributed by atoms with Gasteiger partial charge in [0.15, 0.2) is 6.10 Å². The van der Waals surface area contributed by atoms with Crippen LogP contribution < -0.4 is 0 Å². The lowest BCUT2D eigenvalue weighted by Crippen LogP contribution is -2.30. The van der Waals surface area contributed by atoms with E-state index in [2.05, 4.69) is 118 Å². The molecule has 436 valence electrons. The number of carbonyl (C=O) groups excluding carboxylic acids is 3. The molecule has 0 aliphatic heterocycles. The first-order valence-electron chi connectivity index (χ1n) is 32.2. The highest BCUT2D eigenvalue weighted by atomic mass is 16.6. The fraction of sp³-hybridized carbons (Fsp3) is 0.729. The molecule has 0 rings (SSSR count). The van der Waals surface area contributed by atoms with Gasteiger partial charge in [-0.05, 0) is 116 Å². The zero-order valence-electron chi connectivity index (χ0n) is 50.0. The van der Waals surface area contributed by atoms with E-state index in [9.17, 15) is 14.4 Å². The summed E-state index contributed by atoms with van der Waals surface area (Å²) in [4.78, 5) is 38.2. The van der Waals surface area contributed by atoms with Crippen molar-refractivity contribution in [3.05, 3.63) is 97.2 Å². The van der Waals surface area contributed by atoms with Gasteiger partial charge in [-0.2, -0.15) is 0 Å². The van der Waals surface area contributed by atoms with E-state index in [-0.39, 0.29) is 31.1 Å². The number of esters is 3. The minimum Gasteiger partial charge on any atom is -0.462 e. The first kappa shape index (κ1) is 72.3. The molecule has 0 saturated heterocycles. The molecule has 76 heavy (non-hydrogen) atoms. The van der Waals surface area contributed by atoms with Crippen LogP contribution in [0, 0.1) is 0 Å². The van der Waals surface area contributed by atoms with Gasteiger partial charge in [0.25, 0.3) is 0 Å². The normalized spacial score (nSPS) is 12.7. The largest absolute Gasteiger partial charge is 0.462 e. The van der Waals surface area contributed by atoms with Crippen molar-refractivity contribution >= 4 is 17.9 Å². The molecule has 0 spiro atoms. The first-order chi connectivity index (χ1) is 37.5. The summed E-state index contributed by atoms with van der Waals surface area (Å²) in [6.45, 7) is 6.46. The molecule has 0 aromatic heterocycles. The Morgan fingerprint density at radius 2 is 0.539 bits per heavy atom. The maximum Gasteiger partial charge on any atom is 0.306 e. The summed E-state index contributed by atoms with van der Waals surface area (Å²) in [7, 11) is 0. The van der Waals surface area contributed by atoms with Crippen LogP contribution in [-0.2, 0) is 28.6 Å². The van der Waals surface area contributed by atoms with Crippen LogP contribution in [0.3, 0.4) is 0 Å². The molecule has 0 N–H and O–H groups in total. The molecule has 1 unspecified atom stereocenters. The lowest BCUT2D eigenvalue weighted by atomic mass is 10.0. The maximum absolute atomic E-state index is 12.9. The van der Waals surface area contributed by atoms with Gasteiger partial charge in [-0.15, -0.1) is 0 Å². The second kappa shape index (κ2) is 63.9. The summed E-state index contributed by atoms with van der Waals surface area (Å²) in [6.07, 6.45) is 85.7. The lowest BCUT2D eigenvalue weighted by Gasteiger charge is -2.18. The molecule has 0 radical (unpaired) electrons. The van der Waals surface area contributed by atoms with Crippen molar-refractivity contribution in [1.29, 1.82) is 0 Å². The van der Waals surface area contributed by atoms with Crippen molar-refractivity contribution in [2.75, 3.05) is 13.2 Å². The summed E-state index contributed by atoms with van der Waals surface area (Å²) < 4.78 is 16.9. The van der Waals surface area contributed by atoms with E-state index < -0.39 is 6.10 Å². The van der Waals surface area contributed by atoms with E-state index in [1.54, 1.807) is 0 Å². The average Bonchev–Trinajstić information content (AvgIpc) is 3.42. The molecule has 0 heterocycles. The van der Waals surface area contributed by atoms with E-state index in [1.165, 1.54) is 154 Å². The topological polar surface area (TPSA) is 78.9 Å². The Kier molecular flexibility index (Phi) is 60.8. The highest BCUT2D eigenvalue weighted by Gasteiger charge is 2.19. The van der Waals surface area contributed by atoms with E-state index >= 15 is 0 Å². The van der Waals surface area contributed by atoms with Gasteiger partial charge >= 0.3 is 17.9 Å². The molecule has 0 amide bonds. The van der Waals surface area contributed by atoms with Gasteiger partial charge in [-0.1, -0.05) is 272 Å². The highest BCUT2D eigenvalue weighted by Crippen LogP contribution is 2.16. The number of ether oxygens (including phenoxy) is 3. The summed E-state index contributed by atoms with van der Waals surface area (Å²) in [5, 5.41) is 0. The average molecular weight is 1060 g/mol. The van der Waals surface area contributed by atoms with Crippen LogP contribution >= 0.6 is 0 Å². The minimum atomic E-state index is -0.787. The summed E-state index contributed by atoms with van der Waals surface area (Å²) in [6, 6.07) is 0. The van der Waals surface area contributed by atoms with E-state index in [0.717, 1.165) is 116 Å². The molecule has 0 aliphatic rings. The predicted octanol–water partition coefficient (Wildman–Crippen LogP) is 22.0. The molecular formula is C70H120O6. The third kappa shape index (κ3) is 61.2. The zero-order chi connectivity index (χ0) is 55.0. The van der Waals surface area contributed by atoms with Crippen molar-refractivity contribution in [3.63, 3.8) is 0 Å². The van der Waals surface area contributed by atoms with Crippen molar-refractivity contribution in [3.8, 4) is 0 Å². The number of carbonyl (C=O) groups is 3. The number of hydrogen-bond acceptors (Lipinski definition) is 6. The second-order valence-electron chi connectivity index (χ2n) is 21.3. The van der Waals surface area contributed by atoms with Crippen molar-refractivity contribution in [2.24, 2.45) is 0 Å². The fourth-order valence-electron chi connectivity index (χ4n) is 8.97. The standard InChI is InChI=1S/C70H120O6/c1-4-7-10-13-16-19-22-24-26-28-30-32-33-34-35-36-37-39-40-42-44-46-48-51-54-57-60-63-69(72)75-66-67(65-74-68(71)62-59-56-53-50-21-18-15-12-9-6-3)76-70(73)64-61-58-55-52-49-47-45-43-41-38-31-29-27-25-23-20-17-14-11-8-5-2/h8,11-12,15,17,20,22,24-25,27-28,30-31,33-34,38,67H,4-7,9-10,13-14,16,18-19,21,23,26,29,32,35-37,39-66H2,1-3H3/b11-8-,15-12-,20-17-,24-22-,27-25-,30-28-,34-33-,38-31-. The van der Waals surface area contributed by atoms with E-state index in [4.69, 9.17) is 14.2 Å². The monoisotopic (exact) mass is 1060 g/mol. The van der Waals surface area contributed by atoms with Crippen molar-refractivity contribution in [2.45, 2.75) is 316 Å². The Morgan fingerprint density at radius 3 is 0.868 bits per heavy atom. The quantitative estimate of drug-likeness (QED) is 0.0261. The molecule has 0 bridgehead atoms. The van der Waals surface area contributed by atoms with Crippen LogP contribution in [0.5, 0.6) is 0 Å². The molecule has 0 aliphatic carbocycles. The van der Waals surface area contributed by atoms with Gasteiger partial charge in [0, 0.05) is 19.3 Å². The van der Waals surface area contributed by atoms with Crippen LogP contribution in [-0.4, -0.2) is 37.2 Å². The van der Waals surface area contributed by atoms with Gasteiger partial charge in [-0.3, -0.25) is 14.4 Å². The van der Waals surface area contributed by atoms with Crippen LogP contribution in [0.2, 0.25) is 0 Å². The van der Waals surface area contributed by atoms with Gasteiger partial charge in [0.2, 0.25) is 0 Å². The van der Waals surface area contributed by atoms with Crippen molar-refractivity contribution in [1.82, 2.24) is 0 Å². The number of hydrogen-bond donors (Lipinski definition) is 0. The molecule has 6 heteroatoms. The number of rotatable bonds is 58. The minimum absolute atomic E-state index is 0.0838.